The van der Waals surface area contributed by atoms with E-state index in [4.69, 9.17) is 5.26 Å². The van der Waals surface area contributed by atoms with Crippen molar-refractivity contribution in [2.24, 2.45) is 5.92 Å². The van der Waals surface area contributed by atoms with Gasteiger partial charge in [-0.15, -0.1) is 0 Å². The van der Waals surface area contributed by atoms with Crippen LogP contribution in [0.25, 0.3) is 0 Å². The van der Waals surface area contributed by atoms with Gasteiger partial charge in [-0.2, -0.15) is 5.26 Å². The van der Waals surface area contributed by atoms with Crippen molar-refractivity contribution in [1.82, 2.24) is 0 Å². The van der Waals surface area contributed by atoms with E-state index in [9.17, 15) is 10.1 Å². The van der Waals surface area contributed by atoms with Crippen molar-refractivity contribution in [3.05, 3.63) is 28.3 Å². The molecule has 1 rings (SSSR count). The highest BCUT2D eigenvalue weighted by molar-refractivity contribution is 5.77. The van der Waals surface area contributed by atoms with Crippen LogP contribution in [-0.4, -0.2) is 24.6 Å². The molecule has 21 heavy (non-hydrogen) atoms. The zero-order chi connectivity index (χ0) is 15.8. The number of nitro benzene ring substituents is 1. The number of hydrogen-bond acceptors (Lipinski definition) is 5. The first-order chi connectivity index (χ1) is 10.0. The maximum Gasteiger partial charge on any atom is 0.315 e. The third-order valence-electron chi connectivity index (χ3n) is 3.20. The lowest BCUT2D eigenvalue weighted by Gasteiger charge is -2.24. The molecule has 1 atom stereocenters. The van der Waals surface area contributed by atoms with Crippen molar-refractivity contribution < 1.29 is 4.92 Å². The van der Waals surface area contributed by atoms with Crippen LogP contribution in [0.5, 0.6) is 0 Å². The van der Waals surface area contributed by atoms with Crippen molar-refractivity contribution >= 4 is 17.1 Å². The monoisotopic (exact) mass is 290 g/mol. The molecular formula is C15H22N4O2. The Morgan fingerprint density at radius 1 is 1.48 bits per heavy atom. The quantitative estimate of drug-likeness (QED) is 0.586. The van der Waals surface area contributed by atoms with Gasteiger partial charge in [-0.3, -0.25) is 10.1 Å². The first-order valence-electron chi connectivity index (χ1n) is 7.20. The highest BCUT2D eigenvalue weighted by Gasteiger charge is 2.23. The van der Waals surface area contributed by atoms with Gasteiger partial charge in [0.05, 0.1) is 16.9 Å². The summed E-state index contributed by atoms with van der Waals surface area (Å²) in [4.78, 5) is 13.0. The molecule has 6 nitrogen and oxygen atoms in total. The average molecular weight is 290 g/mol. The summed E-state index contributed by atoms with van der Waals surface area (Å²) < 4.78 is 0. The van der Waals surface area contributed by atoms with Crippen LogP contribution in [0.4, 0.5) is 17.1 Å². The molecule has 0 aliphatic rings. The maximum atomic E-state index is 11.5. The van der Waals surface area contributed by atoms with Crippen LogP contribution < -0.4 is 10.2 Å². The number of para-hydroxylation sites is 1. The largest absolute Gasteiger partial charge is 0.379 e. The molecule has 0 saturated carbocycles. The predicted molar refractivity (Wildman–Crippen MR) is 84.5 cm³/mol. The van der Waals surface area contributed by atoms with E-state index in [2.05, 4.69) is 11.4 Å². The maximum absolute atomic E-state index is 11.5. The van der Waals surface area contributed by atoms with Gasteiger partial charge in [-0.1, -0.05) is 13.0 Å². The molecule has 1 aromatic rings. The normalized spacial score (nSPS) is 11.5. The molecule has 0 radical (unpaired) electrons. The molecular weight excluding hydrogens is 268 g/mol. The van der Waals surface area contributed by atoms with Gasteiger partial charge in [0.1, 0.15) is 11.4 Å². The van der Waals surface area contributed by atoms with Gasteiger partial charge in [0.2, 0.25) is 0 Å². The van der Waals surface area contributed by atoms with E-state index in [1.165, 1.54) is 0 Å². The third kappa shape index (κ3) is 4.35. The van der Waals surface area contributed by atoms with Gasteiger partial charge >= 0.3 is 5.69 Å². The fourth-order valence-corrected chi connectivity index (χ4v) is 2.15. The standard InChI is InChI=1S/C15H22N4O2/c1-4-9-17-13-7-6-8-14(15(13)19(20)21)18(5-2)11-12(3)10-16/h6-8,12,17H,4-5,9,11H2,1-3H3. The first-order valence-corrected chi connectivity index (χ1v) is 7.20. The lowest BCUT2D eigenvalue weighted by Crippen LogP contribution is -2.28. The van der Waals surface area contributed by atoms with Crippen LogP contribution in [0.15, 0.2) is 18.2 Å². The molecule has 6 heteroatoms. The molecule has 0 spiro atoms. The van der Waals surface area contributed by atoms with E-state index in [1.807, 2.05) is 25.7 Å². The van der Waals surface area contributed by atoms with Crippen molar-refractivity contribution in [2.75, 3.05) is 29.9 Å². The van der Waals surface area contributed by atoms with Crippen LogP contribution in [0, 0.1) is 27.4 Å². The zero-order valence-electron chi connectivity index (χ0n) is 12.8. The number of hydrogen-bond donors (Lipinski definition) is 1. The number of nitrogens with one attached hydrogen (secondary N) is 1. The van der Waals surface area contributed by atoms with Gasteiger partial charge in [-0.25, -0.2) is 0 Å². The molecule has 1 N–H and O–H groups in total. The van der Waals surface area contributed by atoms with E-state index in [1.54, 1.807) is 18.2 Å². The molecule has 1 aromatic carbocycles. The summed E-state index contributed by atoms with van der Waals surface area (Å²) in [6, 6.07) is 7.44. The van der Waals surface area contributed by atoms with Gasteiger partial charge in [0.15, 0.2) is 0 Å². The molecule has 1 unspecified atom stereocenters. The SMILES string of the molecule is CCCNc1cccc(N(CC)CC(C)C#N)c1[N+](=O)[O-]. The summed E-state index contributed by atoms with van der Waals surface area (Å²) in [5.41, 5.74) is 1.17. The van der Waals surface area contributed by atoms with E-state index < -0.39 is 0 Å². The van der Waals surface area contributed by atoms with Crippen LogP contribution in [0.3, 0.4) is 0 Å². The fourth-order valence-electron chi connectivity index (χ4n) is 2.15. The van der Waals surface area contributed by atoms with E-state index in [0.29, 0.717) is 31.0 Å². The number of benzene rings is 1. The Balaban J connectivity index is 3.20. The Hall–Kier alpha value is -2.29. The lowest BCUT2D eigenvalue weighted by molar-refractivity contribution is -0.383. The van der Waals surface area contributed by atoms with Gasteiger partial charge < -0.3 is 10.2 Å². The number of nitrogens with zero attached hydrogens (tertiary/aromatic N) is 3. The molecule has 0 fully saturated rings. The van der Waals surface area contributed by atoms with Crippen LogP contribution in [0.2, 0.25) is 0 Å². The second-order valence-electron chi connectivity index (χ2n) is 4.93. The van der Waals surface area contributed by atoms with Gasteiger partial charge in [0.25, 0.3) is 0 Å². The van der Waals surface area contributed by atoms with E-state index >= 15 is 0 Å². The Morgan fingerprint density at radius 3 is 2.71 bits per heavy atom. The second-order valence-corrected chi connectivity index (χ2v) is 4.93. The first kappa shape index (κ1) is 16.8. The van der Waals surface area contributed by atoms with E-state index in [-0.39, 0.29) is 16.5 Å². The van der Waals surface area contributed by atoms with Gasteiger partial charge in [-0.05, 0) is 32.4 Å². The molecule has 0 aliphatic heterocycles. The minimum atomic E-state index is -0.354. The summed E-state index contributed by atoms with van der Waals surface area (Å²) in [5.74, 6) is -0.184. The fraction of sp³-hybridized carbons (Fsp3) is 0.533. The minimum absolute atomic E-state index is 0.0814. The van der Waals surface area contributed by atoms with Crippen molar-refractivity contribution in [2.45, 2.75) is 27.2 Å². The molecule has 0 bridgehead atoms. The summed E-state index contributed by atoms with van der Waals surface area (Å²) in [6.45, 7) is 7.53. The Kier molecular flexibility index (Phi) is 6.47. The van der Waals surface area contributed by atoms with Crippen molar-refractivity contribution in [3.8, 4) is 6.07 Å². The van der Waals surface area contributed by atoms with E-state index in [0.717, 1.165) is 6.42 Å². The Bertz CT molecular complexity index is 525. The highest BCUT2D eigenvalue weighted by atomic mass is 16.6. The topological polar surface area (TPSA) is 82.2 Å². The highest BCUT2D eigenvalue weighted by Crippen LogP contribution is 2.35. The lowest BCUT2D eigenvalue weighted by atomic mass is 10.1. The molecule has 0 aromatic heterocycles. The smallest absolute Gasteiger partial charge is 0.315 e. The zero-order valence-corrected chi connectivity index (χ0v) is 12.8. The van der Waals surface area contributed by atoms with Crippen molar-refractivity contribution in [3.63, 3.8) is 0 Å². The Morgan fingerprint density at radius 2 is 2.19 bits per heavy atom. The summed E-state index contributed by atoms with van der Waals surface area (Å²) >= 11 is 0. The number of anilines is 2. The summed E-state index contributed by atoms with van der Waals surface area (Å²) in [6.07, 6.45) is 0.893. The Labute approximate surface area is 125 Å². The van der Waals surface area contributed by atoms with Gasteiger partial charge in [0, 0.05) is 19.6 Å². The third-order valence-corrected chi connectivity index (χ3v) is 3.20. The number of nitriles is 1. The van der Waals surface area contributed by atoms with Crippen LogP contribution >= 0.6 is 0 Å². The molecule has 0 aliphatic carbocycles. The minimum Gasteiger partial charge on any atom is -0.379 e. The van der Waals surface area contributed by atoms with Crippen molar-refractivity contribution in [1.29, 1.82) is 5.26 Å². The summed E-state index contributed by atoms with van der Waals surface area (Å²) in [7, 11) is 0. The summed E-state index contributed by atoms with van der Waals surface area (Å²) in [5, 5.41) is 23.5. The number of nitro groups is 1. The molecule has 114 valence electrons. The van der Waals surface area contributed by atoms with Crippen LogP contribution in [-0.2, 0) is 0 Å². The average Bonchev–Trinajstić information content (AvgIpc) is 2.49. The second kappa shape index (κ2) is 8.10. The van der Waals surface area contributed by atoms with Crippen LogP contribution in [0.1, 0.15) is 27.2 Å². The molecule has 0 amide bonds. The molecule has 0 heterocycles. The molecule has 0 saturated heterocycles. The number of rotatable bonds is 8. The predicted octanol–water partition coefficient (Wildman–Crippen LogP) is 3.40.